The van der Waals surface area contributed by atoms with E-state index < -0.39 is 0 Å². The number of H-pyrrole nitrogens is 1. The molecule has 0 fully saturated rings. The fraction of sp³-hybridized carbons (Fsp3) is 0.389. The van der Waals surface area contributed by atoms with Gasteiger partial charge in [0.15, 0.2) is 0 Å². The van der Waals surface area contributed by atoms with Gasteiger partial charge in [0.05, 0.1) is 0 Å². The number of aromatic nitrogens is 2. The van der Waals surface area contributed by atoms with Crippen molar-refractivity contribution in [3.8, 4) is 0 Å². The van der Waals surface area contributed by atoms with Crippen LogP contribution in [0.5, 0.6) is 0 Å². The Kier molecular flexibility index (Phi) is 4.98. The van der Waals surface area contributed by atoms with E-state index in [1.54, 1.807) is 13.8 Å². The molecule has 1 heterocycles. The highest BCUT2D eigenvalue weighted by Gasteiger charge is 2.12. The molecule has 2 rings (SSSR count). The molecule has 2 N–H and O–H groups in total. The zero-order chi connectivity index (χ0) is 17.1. The molecule has 0 saturated heterocycles. The van der Waals surface area contributed by atoms with Crippen LogP contribution >= 0.6 is 0 Å². The molecule has 122 valence electrons. The van der Waals surface area contributed by atoms with E-state index in [0.717, 1.165) is 16.8 Å². The van der Waals surface area contributed by atoms with Crippen molar-refractivity contribution >= 4 is 11.6 Å². The fourth-order valence-corrected chi connectivity index (χ4v) is 2.86. The van der Waals surface area contributed by atoms with Crippen molar-refractivity contribution in [2.24, 2.45) is 0 Å². The van der Waals surface area contributed by atoms with Gasteiger partial charge in [0, 0.05) is 23.4 Å². The van der Waals surface area contributed by atoms with E-state index >= 15 is 0 Å². The number of benzene rings is 1. The van der Waals surface area contributed by atoms with E-state index in [1.807, 2.05) is 32.9 Å². The molecule has 23 heavy (non-hydrogen) atoms. The molecule has 1 aromatic carbocycles. The Hall–Kier alpha value is -2.43. The lowest BCUT2D eigenvalue weighted by Gasteiger charge is -2.13. The molecular formula is C18H23N3O2. The number of hydrogen-bond donors (Lipinski definition) is 2. The highest BCUT2D eigenvalue weighted by atomic mass is 16.1. The Labute approximate surface area is 136 Å². The third-order valence-electron chi connectivity index (χ3n) is 3.88. The van der Waals surface area contributed by atoms with Crippen molar-refractivity contribution in [3.05, 3.63) is 56.3 Å². The van der Waals surface area contributed by atoms with Gasteiger partial charge in [-0.1, -0.05) is 17.7 Å². The summed E-state index contributed by atoms with van der Waals surface area (Å²) in [7, 11) is 0. The van der Waals surface area contributed by atoms with Crippen LogP contribution in [0.15, 0.2) is 16.9 Å². The summed E-state index contributed by atoms with van der Waals surface area (Å²) in [5, 5.41) is 2.95. The zero-order valence-electron chi connectivity index (χ0n) is 14.3. The molecule has 1 amide bonds. The minimum Gasteiger partial charge on any atom is -0.326 e. The number of aryl methyl sites for hydroxylation is 5. The maximum Gasteiger partial charge on any atom is 0.254 e. The van der Waals surface area contributed by atoms with Gasteiger partial charge in [0.25, 0.3) is 5.56 Å². The summed E-state index contributed by atoms with van der Waals surface area (Å²) in [6, 6.07) is 4.09. The van der Waals surface area contributed by atoms with E-state index in [4.69, 9.17) is 0 Å². The van der Waals surface area contributed by atoms with Crippen molar-refractivity contribution in [2.45, 2.75) is 47.5 Å². The maximum atomic E-state index is 12.2. The average molecular weight is 313 g/mol. The Bertz CT molecular complexity index is 783. The smallest absolute Gasteiger partial charge is 0.254 e. The molecule has 0 unspecified atom stereocenters. The third kappa shape index (κ3) is 4.06. The summed E-state index contributed by atoms with van der Waals surface area (Å²) in [6.07, 6.45) is 0.631. The van der Waals surface area contributed by atoms with Crippen LogP contribution in [0.25, 0.3) is 0 Å². The summed E-state index contributed by atoms with van der Waals surface area (Å²) in [5.74, 6) is 0.492. The molecule has 0 radical (unpaired) electrons. The minimum atomic E-state index is -0.162. The summed E-state index contributed by atoms with van der Waals surface area (Å²) < 4.78 is 0. The summed E-state index contributed by atoms with van der Waals surface area (Å²) in [5.41, 5.74) is 5.21. The number of rotatable bonds is 4. The van der Waals surface area contributed by atoms with E-state index in [2.05, 4.69) is 15.3 Å². The monoisotopic (exact) mass is 313 g/mol. The molecule has 0 aliphatic carbocycles. The largest absolute Gasteiger partial charge is 0.326 e. The van der Waals surface area contributed by atoms with Crippen LogP contribution in [0.1, 0.15) is 40.2 Å². The normalized spacial score (nSPS) is 10.7. The number of carbonyl (C=O) groups excluding carboxylic acids is 1. The van der Waals surface area contributed by atoms with Crippen molar-refractivity contribution in [1.82, 2.24) is 9.97 Å². The van der Waals surface area contributed by atoms with Crippen LogP contribution in [0, 0.1) is 34.6 Å². The maximum absolute atomic E-state index is 12.2. The molecule has 0 atom stereocenters. The summed E-state index contributed by atoms with van der Waals surface area (Å²) in [4.78, 5) is 31.1. The molecule has 0 aliphatic rings. The van der Waals surface area contributed by atoms with Crippen molar-refractivity contribution in [2.75, 3.05) is 5.32 Å². The van der Waals surface area contributed by atoms with Crippen LogP contribution < -0.4 is 10.9 Å². The van der Waals surface area contributed by atoms with Gasteiger partial charge in [-0.3, -0.25) is 9.59 Å². The predicted octanol–water partition coefficient (Wildman–Crippen LogP) is 2.88. The first-order chi connectivity index (χ1) is 10.8. The quantitative estimate of drug-likeness (QED) is 0.911. The lowest BCUT2D eigenvalue weighted by atomic mass is 10.0. The molecule has 2 aromatic rings. The second-order valence-corrected chi connectivity index (χ2v) is 6.04. The number of nitrogens with zero attached hydrogens (tertiary/aromatic N) is 1. The van der Waals surface area contributed by atoms with Gasteiger partial charge in [-0.05, 0) is 52.2 Å². The first kappa shape index (κ1) is 16.9. The Morgan fingerprint density at radius 2 is 1.74 bits per heavy atom. The minimum absolute atomic E-state index is 0.0978. The number of amides is 1. The van der Waals surface area contributed by atoms with Crippen LogP contribution in [-0.2, 0) is 11.2 Å². The molecule has 0 saturated carbocycles. The average Bonchev–Trinajstić information content (AvgIpc) is 2.41. The van der Waals surface area contributed by atoms with Crippen LogP contribution in [0.2, 0.25) is 0 Å². The Balaban J connectivity index is 2.09. The van der Waals surface area contributed by atoms with Gasteiger partial charge in [-0.15, -0.1) is 0 Å². The molecular weight excluding hydrogens is 290 g/mol. The number of hydrogen-bond acceptors (Lipinski definition) is 3. The van der Waals surface area contributed by atoms with E-state index in [0.29, 0.717) is 23.5 Å². The molecule has 5 nitrogen and oxygen atoms in total. The fourth-order valence-electron chi connectivity index (χ4n) is 2.86. The number of nitrogens with one attached hydrogen (secondary N) is 2. The first-order valence-corrected chi connectivity index (χ1v) is 7.72. The topological polar surface area (TPSA) is 74.8 Å². The number of carbonyl (C=O) groups is 1. The highest BCUT2D eigenvalue weighted by Crippen LogP contribution is 2.22. The summed E-state index contributed by atoms with van der Waals surface area (Å²) in [6.45, 7) is 9.53. The highest BCUT2D eigenvalue weighted by molar-refractivity contribution is 5.92. The number of anilines is 1. The van der Waals surface area contributed by atoms with Crippen LogP contribution in [0.4, 0.5) is 5.69 Å². The van der Waals surface area contributed by atoms with Crippen molar-refractivity contribution < 1.29 is 4.79 Å². The van der Waals surface area contributed by atoms with Gasteiger partial charge >= 0.3 is 0 Å². The number of aromatic amines is 1. The van der Waals surface area contributed by atoms with Gasteiger partial charge in [-0.25, -0.2) is 4.98 Å². The Morgan fingerprint density at radius 1 is 1.13 bits per heavy atom. The van der Waals surface area contributed by atoms with E-state index in [1.165, 1.54) is 5.56 Å². The molecule has 0 bridgehead atoms. The summed E-state index contributed by atoms with van der Waals surface area (Å²) >= 11 is 0. The van der Waals surface area contributed by atoms with Crippen molar-refractivity contribution in [1.29, 1.82) is 0 Å². The van der Waals surface area contributed by atoms with E-state index in [9.17, 15) is 9.59 Å². The Morgan fingerprint density at radius 3 is 2.30 bits per heavy atom. The second kappa shape index (κ2) is 6.77. The van der Waals surface area contributed by atoms with Crippen LogP contribution in [-0.4, -0.2) is 15.9 Å². The second-order valence-electron chi connectivity index (χ2n) is 6.04. The molecule has 1 aromatic heterocycles. The van der Waals surface area contributed by atoms with E-state index in [-0.39, 0.29) is 17.9 Å². The first-order valence-electron chi connectivity index (χ1n) is 7.72. The van der Waals surface area contributed by atoms with Crippen molar-refractivity contribution in [3.63, 3.8) is 0 Å². The van der Waals surface area contributed by atoms with Crippen LogP contribution in [0.3, 0.4) is 0 Å². The van der Waals surface area contributed by atoms with Gasteiger partial charge < -0.3 is 10.3 Å². The lowest BCUT2D eigenvalue weighted by Crippen LogP contribution is -2.21. The standard InChI is InChI=1S/C18H23N3O2/c1-10-8-11(2)17(12(3)9-10)21-16(22)7-6-15-13(4)19-14(5)20-18(15)23/h8-9H,6-7H2,1-5H3,(H,21,22)(H,19,20,23). The lowest BCUT2D eigenvalue weighted by molar-refractivity contribution is -0.116. The van der Waals surface area contributed by atoms with Gasteiger partial charge in [-0.2, -0.15) is 0 Å². The third-order valence-corrected chi connectivity index (χ3v) is 3.88. The molecule has 0 spiro atoms. The SMILES string of the molecule is Cc1cc(C)c(NC(=O)CCc2c(C)nc(C)[nH]c2=O)c(C)c1. The van der Waals surface area contributed by atoms with Gasteiger partial charge in [0.1, 0.15) is 5.82 Å². The van der Waals surface area contributed by atoms with Gasteiger partial charge in [0.2, 0.25) is 5.91 Å². The zero-order valence-corrected chi connectivity index (χ0v) is 14.3. The molecule has 5 heteroatoms. The predicted molar refractivity (Wildman–Crippen MR) is 91.9 cm³/mol. The molecule has 0 aliphatic heterocycles.